The van der Waals surface area contributed by atoms with E-state index in [9.17, 15) is 19.2 Å². The summed E-state index contributed by atoms with van der Waals surface area (Å²) in [5, 5.41) is 7.63. The Labute approximate surface area is 192 Å². The molecule has 1 aliphatic carbocycles. The second-order valence-corrected chi connectivity index (χ2v) is 10.1. The van der Waals surface area contributed by atoms with Gasteiger partial charge in [-0.05, 0) is 70.2 Å². The summed E-state index contributed by atoms with van der Waals surface area (Å²) >= 11 is 1.29. The highest BCUT2D eigenvalue weighted by Crippen LogP contribution is 2.30. The number of thiophene rings is 1. The van der Waals surface area contributed by atoms with Crippen LogP contribution in [0.15, 0.2) is 21.0 Å². The molecule has 2 heterocycles. The minimum atomic E-state index is -0.445. The van der Waals surface area contributed by atoms with Crippen molar-refractivity contribution in [2.24, 2.45) is 11.8 Å². The normalized spacial score (nSPS) is 19.8. The molecule has 1 atom stereocenters. The van der Waals surface area contributed by atoms with Crippen LogP contribution in [0.4, 0.5) is 0 Å². The molecule has 2 aromatic rings. The second-order valence-electron chi connectivity index (χ2n) is 9.18. The first-order valence-corrected chi connectivity index (χ1v) is 12.4. The van der Waals surface area contributed by atoms with Crippen molar-refractivity contribution in [3.63, 3.8) is 0 Å². The molecule has 0 aliphatic heterocycles. The summed E-state index contributed by atoms with van der Waals surface area (Å²) < 4.78 is 3.19. The van der Waals surface area contributed by atoms with E-state index in [0.717, 1.165) is 32.1 Å². The van der Waals surface area contributed by atoms with Gasteiger partial charge in [0.15, 0.2) is 0 Å². The number of nitrogens with one attached hydrogen (secondary N) is 2. The molecule has 176 valence electrons. The third-order valence-corrected chi connectivity index (χ3v) is 7.14. The summed E-state index contributed by atoms with van der Waals surface area (Å²) in [6.07, 6.45) is 3.89. The highest BCUT2D eigenvalue weighted by atomic mass is 32.1. The maximum Gasteiger partial charge on any atom is 0.332 e. The van der Waals surface area contributed by atoms with Crippen molar-refractivity contribution in [2.45, 2.75) is 85.0 Å². The molecule has 0 unspecified atom stereocenters. The Bertz CT molecular complexity index is 1080. The van der Waals surface area contributed by atoms with E-state index in [1.165, 1.54) is 20.5 Å². The van der Waals surface area contributed by atoms with E-state index in [2.05, 4.69) is 10.6 Å². The third-order valence-electron chi connectivity index (χ3n) is 6.25. The monoisotopic (exact) mass is 462 g/mol. The van der Waals surface area contributed by atoms with Gasteiger partial charge in [-0.3, -0.25) is 23.5 Å². The van der Waals surface area contributed by atoms with Gasteiger partial charge in [0.2, 0.25) is 11.8 Å². The minimum absolute atomic E-state index is 0.00828. The topological polar surface area (TPSA) is 102 Å². The van der Waals surface area contributed by atoms with E-state index in [1.807, 2.05) is 27.7 Å². The smallest absolute Gasteiger partial charge is 0.332 e. The molecule has 1 saturated carbocycles. The van der Waals surface area contributed by atoms with Crippen LogP contribution in [-0.4, -0.2) is 33.0 Å². The first kappa shape index (κ1) is 24.2. The van der Waals surface area contributed by atoms with Crippen molar-refractivity contribution in [1.82, 2.24) is 19.8 Å². The Hall–Kier alpha value is -2.42. The second kappa shape index (κ2) is 10.5. The number of carbonyl (C=O) groups is 2. The van der Waals surface area contributed by atoms with Crippen molar-refractivity contribution in [3.05, 3.63) is 32.3 Å². The third kappa shape index (κ3) is 5.49. The van der Waals surface area contributed by atoms with Crippen LogP contribution in [0.3, 0.4) is 0 Å². The number of nitrogens with zero attached hydrogens (tertiary/aromatic N) is 2. The van der Waals surface area contributed by atoms with Crippen LogP contribution in [0.2, 0.25) is 0 Å². The van der Waals surface area contributed by atoms with Gasteiger partial charge in [0, 0.05) is 24.5 Å². The molecule has 2 N–H and O–H groups in total. The van der Waals surface area contributed by atoms with E-state index in [0.29, 0.717) is 16.8 Å². The molecular weight excluding hydrogens is 428 g/mol. The van der Waals surface area contributed by atoms with Crippen molar-refractivity contribution >= 4 is 33.4 Å². The number of hydrogen-bond acceptors (Lipinski definition) is 5. The largest absolute Gasteiger partial charge is 0.354 e. The lowest BCUT2D eigenvalue weighted by Crippen LogP contribution is -2.44. The van der Waals surface area contributed by atoms with Gasteiger partial charge in [-0.1, -0.05) is 6.92 Å². The minimum Gasteiger partial charge on any atom is -0.354 e. The molecule has 1 aliphatic rings. The Morgan fingerprint density at radius 2 is 1.78 bits per heavy atom. The Balaban J connectivity index is 1.79. The number of fused-ring (bicyclic) bond motifs is 1. The molecule has 0 radical (unpaired) electrons. The highest BCUT2D eigenvalue weighted by Gasteiger charge is 2.28. The fraction of sp³-hybridized carbons (Fsp3) is 0.652. The lowest BCUT2D eigenvalue weighted by Gasteiger charge is -2.28. The lowest BCUT2D eigenvalue weighted by molar-refractivity contribution is -0.126. The summed E-state index contributed by atoms with van der Waals surface area (Å²) in [5.41, 5.74) is -0.229. The Morgan fingerprint density at radius 1 is 1.09 bits per heavy atom. The highest BCUT2D eigenvalue weighted by molar-refractivity contribution is 7.17. The van der Waals surface area contributed by atoms with Crippen LogP contribution in [0.5, 0.6) is 0 Å². The summed E-state index contributed by atoms with van der Waals surface area (Å²) in [5.74, 6) is -0.00419. The van der Waals surface area contributed by atoms with E-state index in [1.54, 1.807) is 11.4 Å². The Kier molecular flexibility index (Phi) is 7.92. The zero-order valence-electron chi connectivity index (χ0n) is 19.3. The predicted octanol–water partition coefficient (Wildman–Crippen LogP) is 2.47. The molecule has 0 bridgehead atoms. The van der Waals surface area contributed by atoms with Crippen molar-refractivity contribution in [1.29, 1.82) is 0 Å². The van der Waals surface area contributed by atoms with Crippen LogP contribution >= 0.6 is 11.3 Å². The number of aromatic nitrogens is 2. The molecule has 2 aromatic heterocycles. The molecular formula is C23H34N4O4S. The first-order valence-electron chi connectivity index (χ1n) is 11.5. The molecule has 32 heavy (non-hydrogen) atoms. The van der Waals surface area contributed by atoms with E-state index >= 15 is 0 Å². The van der Waals surface area contributed by atoms with Gasteiger partial charge in [0.05, 0.1) is 5.52 Å². The van der Waals surface area contributed by atoms with Crippen molar-refractivity contribution < 1.29 is 9.59 Å². The van der Waals surface area contributed by atoms with Crippen LogP contribution in [0, 0.1) is 11.8 Å². The van der Waals surface area contributed by atoms with Crippen molar-refractivity contribution in [3.8, 4) is 0 Å². The molecule has 0 spiro atoms. The Morgan fingerprint density at radius 3 is 2.41 bits per heavy atom. The van der Waals surface area contributed by atoms with Crippen LogP contribution in [-0.2, 0) is 22.7 Å². The van der Waals surface area contributed by atoms with E-state index in [-0.39, 0.29) is 47.8 Å². The number of rotatable bonds is 8. The number of hydrogen-bond donors (Lipinski definition) is 2. The van der Waals surface area contributed by atoms with Gasteiger partial charge in [0.1, 0.15) is 11.2 Å². The van der Waals surface area contributed by atoms with Gasteiger partial charge < -0.3 is 10.6 Å². The fourth-order valence-corrected chi connectivity index (χ4v) is 5.12. The van der Waals surface area contributed by atoms with Crippen LogP contribution in [0.25, 0.3) is 10.2 Å². The molecule has 9 heteroatoms. The SMILES string of the molecule is CC[C@H](C)NC(=O)Cn1c(=O)n(CC2CCC(C(=O)NC(C)C)CC2)c(=O)c2sccc21. The average Bonchev–Trinajstić information content (AvgIpc) is 3.24. The summed E-state index contributed by atoms with van der Waals surface area (Å²) in [7, 11) is 0. The molecule has 8 nitrogen and oxygen atoms in total. The lowest BCUT2D eigenvalue weighted by atomic mass is 9.81. The maximum absolute atomic E-state index is 13.2. The van der Waals surface area contributed by atoms with Gasteiger partial charge >= 0.3 is 5.69 Å². The standard InChI is InChI=1S/C23H34N4O4S/c1-5-15(4)25-19(28)13-26-18-10-11-32-20(18)22(30)27(23(26)31)12-16-6-8-17(9-7-16)21(29)24-14(2)3/h10-11,14-17H,5-9,12-13H2,1-4H3,(H,24,29)(H,25,28)/t15-,16?,17?/m0/s1. The summed E-state index contributed by atoms with van der Waals surface area (Å²) in [6, 6.07) is 1.86. The van der Waals surface area contributed by atoms with Crippen LogP contribution < -0.4 is 21.9 Å². The van der Waals surface area contributed by atoms with Gasteiger partial charge in [-0.25, -0.2) is 4.79 Å². The maximum atomic E-state index is 13.2. The molecule has 0 aromatic carbocycles. The quantitative estimate of drug-likeness (QED) is 0.629. The fourth-order valence-electron chi connectivity index (χ4n) is 4.28. The van der Waals surface area contributed by atoms with E-state index < -0.39 is 5.69 Å². The summed E-state index contributed by atoms with van der Waals surface area (Å²) in [6.45, 7) is 8.00. The summed E-state index contributed by atoms with van der Waals surface area (Å²) in [4.78, 5) is 51.0. The van der Waals surface area contributed by atoms with Crippen LogP contribution in [0.1, 0.15) is 59.8 Å². The zero-order valence-corrected chi connectivity index (χ0v) is 20.2. The predicted molar refractivity (Wildman–Crippen MR) is 127 cm³/mol. The molecule has 2 amide bonds. The van der Waals surface area contributed by atoms with Gasteiger partial charge in [-0.2, -0.15) is 0 Å². The molecule has 3 rings (SSSR count). The van der Waals surface area contributed by atoms with Gasteiger partial charge in [-0.15, -0.1) is 11.3 Å². The molecule has 0 saturated heterocycles. The number of amides is 2. The molecule has 1 fully saturated rings. The number of carbonyl (C=O) groups excluding carboxylic acids is 2. The van der Waals surface area contributed by atoms with Crippen molar-refractivity contribution in [2.75, 3.05) is 0 Å². The van der Waals surface area contributed by atoms with E-state index in [4.69, 9.17) is 0 Å². The zero-order chi connectivity index (χ0) is 23.4. The van der Waals surface area contributed by atoms with Gasteiger partial charge in [0.25, 0.3) is 5.56 Å². The first-order chi connectivity index (χ1) is 15.2. The average molecular weight is 463 g/mol.